The molecule has 150 valence electrons. The van der Waals surface area contributed by atoms with Gasteiger partial charge in [0.1, 0.15) is 17.4 Å². The standard InChI is InChI=1S/C21H24N6O2/c1-13-10-16-11-14(2-3-17(16)29-13)21(28)26-8-4-15(12-26)18-19-20(24-7-6-23-19)27(25-18)9-5-22/h2-3,6-7,11,13,15H,4-5,8-10,12,22H2,1H3/t13-,15+/m0/s1. The molecule has 1 fully saturated rings. The zero-order valence-corrected chi connectivity index (χ0v) is 16.4. The molecule has 0 saturated carbocycles. The highest BCUT2D eigenvalue weighted by molar-refractivity contribution is 5.95. The van der Waals surface area contributed by atoms with Gasteiger partial charge >= 0.3 is 0 Å². The number of hydrogen-bond donors (Lipinski definition) is 1. The molecule has 2 aliphatic heterocycles. The van der Waals surface area contributed by atoms with Crippen molar-refractivity contribution in [3.63, 3.8) is 0 Å². The van der Waals surface area contributed by atoms with Crippen molar-refractivity contribution in [2.24, 2.45) is 5.73 Å². The molecule has 0 unspecified atom stereocenters. The Balaban J connectivity index is 1.37. The summed E-state index contributed by atoms with van der Waals surface area (Å²) in [5.74, 6) is 1.10. The Morgan fingerprint density at radius 3 is 3.03 bits per heavy atom. The summed E-state index contributed by atoms with van der Waals surface area (Å²) in [4.78, 5) is 23.9. The Labute approximate surface area is 168 Å². The number of amides is 1. The minimum atomic E-state index is 0.0617. The number of hydrogen-bond acceptors (Lipinski definition) is 6. The van der Waals surface area contributed by atoms with Gasteiger partial charge in [0.05, 0.1) is 12.2 Å². The molecule has 2 aromatic heterocycles. The van der Waals surface area contributed by atoms with E-state index in [0.717, 1.165) is 46.6 Å². The second-order valence-corrected chi connectivity index (χ2v) is 7.82. The summed E-state index contributed by atoms with van der Waals surface area (Å²) in [6.45, 7) is 4.47. The van der Waals surface area contributed by atoms with Gasteiger partial charge in [-0.3, -0.25) is 4.79 Å². The van der Waals surface area contributed by atoms with Crippen molar-refractivity contribution in [2.45, 2.75) is 38.3 Å². The van der Waals surface area contributed by atoms with Crippen LogP contribution in [0.25, 0.3) is 11.2 Å². The molecule has 4 heterocycles. The molecule has 29 heavy (non-hydrogen) atoms. The molecule has 1 aromatic carbocycles. The van der Waals surface area contributed by atoms with Crippen LogP contribution < -0.4 is 10.5 Å². The molecule has 0 aliphatic carbocycles. The Kier molecular flexibility index (Phi) is 4.43. The van der Waals surface area contributed by atoms with Gasteiger partial charge in [-0.15, -0.1) is 0 Å². The number of ether oxygens (including phenoxy) is 1. The average Bonchev–Trinajstić information content (AvgIpc) is 3.43. The Hall–Kier alpha value is -3.00. The van der Waals surface area contributed by atoms with Crippen molar-refractivity contribution in [1.82, 2.24) is 24.6 Å². The predicted molar refractivity (Wildman–Crippen MR) is 108 cm³/mol. The molecular formula is C21H24N6O2. The summed E-state index contributed by atoms with van der Waals surface area (Å²) >= 11 is 0. The second kappa shape index (κ2) is 7.11. The topological polar surface area (TPSA) is 99.2 Å². The van der Waals surface area contributed by atoms with E-state index in [9.17, 15) is 4.79 Å². The van der Waals surface area contributed by atoms with Gasteiger partial charge < -0.3 is 15.4 Å². The zero-order valence-electron chi connectivity index (χ0n) is 16.4. The van der Waals surface area contributed by atoms with E-state index >= 15 is 0 Å². The molecule has 1 saturated heterocycles. The maximum atomic E-state index is 13.1. The van der Waals surface area contributed by atoms with Crippen LogP contribution in [0.2, 0.25) is 0 Å². The van der Waals surface area contributed by atoms with Crippen molar-refractivity contribution >= 4 is 17.1 Å². The lowest BCUT2D eigenvalue weighted by Crippen LogP contribution is -2.28. The van der Waals surface area contributed by atoms with E-state index in [4.69, 9.17) is 15.6 Å². The van der Waals surface area contributed by atoms with Gasteiger partial charge in [0.25, 0.3) is 5.91 Å². The minimum Gasteiger partial charge on any atom is -0.490 e. The van der Waals surface area contributed by atoms with Gasteiger partial charge in [-0.05, 0) is 37.1 Å². The first-order chi connectivity index (χ1) is 14.1. The van der Waals surface area contributed by atoms with Crippen LogP contribution in [0.5, 0.6) is 5.75 Å². The van der Waals surface area contributed by atoms with Crippen molar-refractivity contribution in [3.05, 3.63) is 47.4 Å². The molecule has 0 spiro atoms. The van der Waals surface area contributed by atoms with Crippen LogP contribution in [0.4, 0.5) is 0 Å². The highest BCUT2D eigenvalue weighted by Crippen LogP contribution is 2.33. The van der Waals surface area contributed by atoms with Gasteiger partial charge in [0.15, 0.2) is 5.65 Å². The molecule has 8 nitrogen and oxygen atoms in total. The fourth-order valence-corrected chi connectivity index (χ4v) is 4.38. The average molecular weight is 392 g/mol. The van der Waals surface area contributed by atoms with Crippen LogP contribution in [-0.2, 0) is 13.0 Å². The number of carbonyl (C=O) groups is 1. The Morgan fingerprint density at radius 1 is 1.31 bits per heavy atom. The molecule has 8 heteroatoms. The molecule has 2 N–H and O–H groups in total. The van der Waals surface area contributed by atoms with Crippen molar-refractivity contribution in [1.29, 1.82) is 0 Å². The van der Waals surface area contributed by atoms with Gasteiger partial charge in [-0.1, -0.05) is 0 Å². The summed E-state index contributed by atoms with van der Waals surface area (Å²) < 4.78 is 7.57. The van der Waals surface area contributed by atoms with Gasteiger partial charge in [0.2, 0.25) is 0 Å². The number of rotatable bonds is 4. The van der Waals surface area contributed by atoms with E-state index in [1.165, 1.54) is 0 Å². The number of carbonyl (C=O) groups excluding carboxylic acids is 1. The van der Waals surface area contributed by atoms with E-state index in [0.29, 0.717) is 26.2 Å². The van der Waals surface area contributed by atoms with Crippen LogP contribution in [0, 0.1) is 0 Å². The van der Waals surface area contributed by atoms with Crippen LogP contribution in [0.3, 0.4) is 0 Å². The predicted octanol–water partition coefficient (Wildman–Crippen LogP) is 1.74. The maximum Gasteiger partial charge on any atom is 0.253 e. The number of nitrogens with zero attached hydrogens (tertiary/aromatic N) is 5. The van der Waals surface area contributed by atoms with Crippen molar-refractivity contribution < 1.29 is 9.53 Å². The zero-order chi connectivity index (χ0) is 20.0. The highest BCUT2D eigenvalue weighted by Gasteiger charge is 2.32. The normalized spacial score (nSPS) is 20.8. The molecular weight excluding hydrogens is 368 g/mol. The van der Waals surface area contributed by atoms with Crippen molar-refractivity contribution in [2.75, 3.05) is 19.6 Å². The smallest absolute Gasteiger partial charge is 0.253 e. The largest absolute Gasteiger partial charge is 0.490 e. The van der Waals surface area contributed by atoms with Gasteiger partial charge in [-0.2, -0.15) is 5.10 Å². The summed E-state index contributed by atoms with van der Waals surface area (Å²) in [7, 11) is 0. The summed E-state index contributed by atoms with van der Waals surface area (Å²) in [6.07, 6.45) is 5.24. The molecule has 3 aromatic rings. The molecule has 0 bridgehead atoms. The summed E-state index contributed by atoms with van der Waals surface area (Å²) in [6, 6.07) is 5.76. The second-order valence-electron chi connectivity index (χ2n) is 7.82. The van der Waals surface area contributed by atoms with E-state index in [2.05, 4.69) is 9.97 Å². The Morgan fingerprint density at radius 2 is 2.17 bits per heavy atom. The molecule has 1 amide bonds. The SMILES string of the molecule is C[C@H]1Cc2cc(C(=O)N3CC[C@@H](c4nn(CCN)c5nccnc45)C3)ccc2O1. The first-order valence-corrected chi connectivity index (χ1v) is 10.1. The minimum absolute atomic E-state index is 0.0617. The van der Waals surface area contributed by atoms with E-state index < -0.39 is 0 Å². The maximum absolute atomic E-state index is 13.1. The first-order valence-electron chi connectivity index (χ1n) is 10.1. The van der Waals surface area contributed by atoms with E-state index in [-0.39, 0.29) is 17.9 Å². The molecule has 0 radical (unpaired) electrons. The van der Waals surface area contributed by atoms with E-state index in [1.54, 1.807) is 12.4 Å². The van der Waals surface area contributed by atoms with Gasteiger partial charge in [0, 0.05) is 49.9 Å². The molecule has 2 aliphatic rings. The lowest BCUT2D eigenvalue weighted by molar-refractivity contribution is 0.0790. The van der Waals surface area contributed by atoms with Crippen LogP contribution in [-0.4, -0.2) is 56.3 Å². The lowest BCUT2D eigenvalue weighted by atomic mass is 10.0. The lowest BCUT2D eigenvalue weighted by Gasteiger charge is -2.16. The number of aromatic nitrogens is 4. The monoisotopic (exact) mass is 392 g/mol. The fourth-order valence-electron chi connectivity index (χ4n) is 4.38. The third-order valence-corrected chi connectivity index (χ3v) is 5.74. The Bertz CT molecular complexity index is 1080. The number of likely N-dealkylation sites (tertiary alicyclic amines) is 1. The molecule has 2 atom stereocenters. The van der Waals surface area contributed by atoms with Gasteiger partial charge in [-0.25, -0.2) is 14.6 Å². The number of benzene rings is 1. The highest BCUT2D eigenvalue weighted by atomic mass is 16.5. The summed E-state index contributed by atoms with van der Waals surface area (Å²) in [5, 5.41) is 4.74. The molecule has 5 rings (SSSR count). The van der Waals surface area contributed by atoms with Crippen molar-refractivity contribution in [3.8, 4) is 5.75 Å². The third kappa shape index (κ3) is 3.13. The fraction of sp³-hybridized carbons (Fsp3) is 0.429. The first kappa shape index (κ1) is 18.1. The van der Waals surface area contributed by atoms with Crippen LogP contribution >= 0.6 is 0 Å². The van der Waals surface area contributed by atoms with Crippen LogP contribution in [0.1, 0.15) is 40.9 Å². The number of nitrogens with two attached hydrogens (primary N) is 1. The van der Waals surface area contributed by atoms with E-state index in [1.807, 2.05) is 34.7 Å². The summed E-state index contributed by atoms with van der Waals surface area (Å²) in [5.41, 5.74) is 10.0. The quantitative estimate of drug-likeness (QED) is 0.726. The van der Waals surface area contributed by atoms with Crippen LogP contribution in [0.15, 0.2) is 30.6 Å². The third-order valence-electron chi connectivity index (χ3n) is 5.74. The number of fused-ring (bicyclic) bond motifs is 2.